The van der Waals surface area contributed by atoms with Crippen molar-refractivity contribution in [1.29, 1.82) is 0 Å². The van der Waals surface area contributed by atoms with Gasteiger partial charge in [-0.1, -0.05) is 28.1 Å². The van der Waals surface area contributed by atoms with Crippen molar-refractivity contribution in [2.45, 2.75) is 4.83 Å². The molecule has 1 heterocycles. The van der Waals surface area contributed by atoms with Crippen LogP contribution in [0.15, 0.2) is 35.7 Å². The second-order valence-electron chi connectivity index (χ2n) is 3.05. The van der Waals surface area contributed by atoms with E-state index in [9.17, 15) is 8.78 Å². The van der Waals surface area contributed by atoms with E-state index in [0.29, 0.717) is 4.88 Å². The van der Waals surface area contributed by atoms with Crippen molar-refractivity contribution in [3.8, 4) is 0 Å². The second kappa shape index (κ2) is 4.41. The van der Waals surface area contributed by atoms with Crippen molar-refractivity contribution < 1.29 is 8.78 Å². The van der Waals surface area contributed by atoms with E-state index >= 15 is 0 Å². The van der Waals surface area contributed by atoms with Crippen LogP contribution in [0.25, 0.3) is 0 Å². The molecule has 0 fully saturated rings. The lowest BCUT2D eigenvalue weighted by atomic mass is 10.1. The van der Waals surface area contributed by atoms with Gasteiger partial charge in [0.1, 0.15) is 11.6 Å². The van der Waals surface area contributed by atoms with Crippen molar-refractivity contribution >= 4 is 27.3 Å². The molecule has 0 aliphatic carbocycles. The fourth-order valence-corrected chi connectivity index (χ4v) is 2.89. The monoisotopic (exact) mass is 288 g/mol. The molecule has 0 radical (unpaired) electrons. The van der Waals surface area contributed by atoms with Gasteiger partial charge in [-0.2, -0.15) is 0 Å². The lowest BCUT2D eigenvalue weighted by Gasteiger charge is -2.07. The number of hydrogen-bond acceptors (Lipinski definition) is 1. The highest BCUT2D eigenvalue weighted by molar-refractivity contribution is 9.09. The molecule has 1 aromatic carbocycles. The van der Waals surface area contributed by atoms with Gasteiger partial charge in [-0.15, -0.1) is 11.3 Å². The number of benzene rings is 1. The first-order valence-corrected chi connectivity index (χ1v) is 6.10. The third kappa shape index (κ3) is 2.26. The summed E-state index contributed by atoms with van der Waals surface area (Å²) in [5.74, 6) is -0.517. The summed E-state index contributed by atoms with van der Waals surface area (Å²) in [6.07, 6.45) is 0. The normalized spacial score (nSPS) is 12.7. The molecule has 0 N–H and O–H groups in total. The maximum atomic E-state index is 13.3. The molecule has 4 heteroatoms. The zero-order valence-electron chi connectivity index (χ0n) is 7.58. The predicted octanol–water partition coefficient (Wildman–Crippen LogP) is 4.51. The van der Waals surface area contributed by atoms with E-state index in [0.717, 1.165) is 5.56 Å². The summed E-state index contributed by atoms with van der Waals surface area (Å²) in [5, 5.41) is 1.70. The van der Waals surface area contributed by atoms with Crippen LogP contribution in [0, 0.1) is 11.6 Å². The zero-order chi connectivity index (χ0) is 10.8. The Morgan fingerprint density at radius 2 is 1.73 bits per heavy atom. The highest BCUT2D eigenvalue weighted by Crippen LogP contribution is 2.35. The van der Waals surface area contributed by atoms with Crippen molar-refractivity contribution in [3.63, 3.8) is 0 Å². The highest BCUT2D eigenvalue weighted by atomic mass is 79.9. The minimum absolute atomic E-state index is 0.210. The van der Waals surface area contributed by atoms with Crippen molar-refractivity contribution in [3.05, 3.63) is 57.8 Å². The molecule has 0 spiro atoms. The van der Waals surface area contributed by atoms with Gasteiger partial charge >= 0.3 is 0 Å². The lowest BCUT2D eigenvalue weighted by molar-refractivity contribution is 0.620. The second-order valence-corrected chi connectivity index (χ2v) is 4.91. The summed E-state index contributed by atoms with van der Waals surface area (Å²) in [5.41, 5.74) is 0.845. The zero-order valence-corrected chi connectivity index (χ0v) is 9.99. The first-order chi connectivity index (χ1) is 7.18. The van der Waals surface area contributed by atoms with Gasteiger partial charge in [0.15, 0.2) is 0 Å². The summed E-state index contributed by atoms with van der Waals surface area (Å²) >= 11 is 4.74. The largest absolute Gasteiger partial charge is 0.207 e. The van der Waals surface area contributed by atoms with E-state index in [2.05, 4.69) is 15.9 Å². The molecule has 1 unspecified atom stereocenters. The van der Waals surface area contributed by atoms with Crippen LogP contribution >= 0.6 is 27.3 Å². The summed E-state index contributed by atoms with van der Waals surface area (Å²) < 4.78 is 26.0. The number of rotatable bonds is 2. The van der Waals surface area contributed by atoms with E-state index in [1.165, 1.54) is 29.5 Å². The molecule has 1 aromatic heterocycles. The van der Waals surface area contributed by atoms with Crippen LogP contribution in [-0.4, -0.2) is 0 Å². The smallest absolute Gasteiger partial charge is 0.138 e. The average molecular weight is 289 g/mol. The molecule has 78 valence electrons. The van der Waals surface area contributed by atoms with Gasteiger partial charge in [0, 0.05) is 0 Å². The molecule has 15 heavy (non-hydrogen) atoms. The van der Waals surface area contributed by atoms with Gasteiger partial charge in [0.05, 0.1) is 9.70 Å². The van der Waals surface area contributed by atoms with Crippen molar-refractivity contribution in [1.82, 2.24) is 0 Å². The number of hydrogen-bond donors (Lipinski definition) is 0. The maximum Gasteiger partial charge on any atom is 0.138 e. The predicted molar refractivity (Wildman–Crippen MR) is 61.4 cm³/mol. The molecule has 0 amide bonds. The van der Waals surface area contributed by atoms with Crippen molar-refractivity contribution in [2.75, 3.05) is 0 Å². The minimum atomic E-state index is -0.287. The molecular weight excluding hydrogens is 282 g/mol. The molecular formula is C11H7BrF2S. The number of thiophene rings is 1. The van der Waals surface area contributed by atoms with Crippen LogP contribution in [0.4, 0.5) is 8.78 Å². The molecule has 0 aliphatic rings. The lowest BCUT2D eigenvalue weighted by Crippen LogP contribution is -1.92. The van der Waals surface area contributed by atoms with E-state index in [4.69, 9.17) is 0 Å². The minimum Gasteiger partial charge on any atom is -0.207 e. The number of halogens is 3. The summed E-state index contributed by atoms with van der Waals surface area (Å²) in [6.45, 7) is 0. The Morgan fingerprint density at radius 1 is 1.07 bits per heavy atom. The Labute approximate surface area is 98.7 Å². The highest BCUT2D eigenvalue weighted by Gasteiger charge is 2.15. The molecule has 0 bridgehead atoms. The molecule has 1 atom stereocenters. The Bertz CT molecular complexity index is 450. The molecule has 0 saturated heterocycles. The van der Waals surface area contributed by atoms with Gasteiger partial charge in [-0.3, -0.25) is 0 Å². The Morgan fingerprint density at radius 3 is 2.27 bits per heavy atom. The van der Waals surface area contributed by atoms with E-state index in [1.807, 2.05) is 0 Å². The van der Waals surface area contributed by atoms with Gasteiger partial charge in [-0.25, -0.2) is 8.78 Å². The van der Waals surface area contributed by atoms with Crippen molar-refractivity contribution in [2.24, 2.45) is 0 Å². The molecule has 2 aromatic rings. The molecule has 0 nitrogen and oxygen atoms in total. The first-order valence-electron chi connectivity index (χ1n) is 4.31. The number of alkyl halides is 1. The van der Waals surface area contributed by atoms with Crippen LogP contribution in [0.1, 0.15) is 15.3 Å². The Kier molecular flexibility index (Phi) is 3.17. The van der Waals surface area contributed by atoms with E-state index in [-0.39, 0.29) is 16.5 Å². The van der Waals surface area contributed by atoms with Crippen LogP contribution in [-0.2, 0) is 0 Å². The van der Waals surface area contributed by atoms with E-state index in [1.54, 1.807) is 17.5 Å². The summed E-state index contributed by atoms with van der Waals surface area (Å²) in [7, 11) is 0. The SMILES string of the molecule is Fc1ccc(C(Br)c2sccc2F)cc1. The third-order valence-corrected chi connectivity index (χ3v) is 4.28. The van der Waals surface area contributed by atoms with Crippen LogP contribution < -0.4 is 0 Å². The topological polar surface area (TPSA) is 0 Å². The fourth-order valence-electron chi connectivity index (χ4n) is 1.27. The van der Waals surface area contributed by atoms with Gasteiger partial charge in [0.2, 0.25) is 0 Å². The third-order valence-electron chi connectivity index (χ3n) is 2.04. The van der Waals surface area contributed by atoms with Gasteiger partial charge < -0.3 is 0 Å². The molecule has 0 saturated carbocycles. The first kappa shape index (κ1) is 10.8. The van der Waals surface area contributed by atoms with Crippen LogP contribution in [0.5, 0.6) is 0 Å². The van der Waals surface area contributed by atoms with Crippen LogP contribution in [0.3, 0.4) is 0 Å². The maximum absolute atomic E-state index is 13.3. The average Bonchev–Trinajstić information content (AvgIpc) is 2.65. The quantitative estimate of drug-likeness (QED) is 0.713. The summed E-state index contributed by atoms with van der Waals surface area (Å²) in [6, 6.07) is 7.46. The summed E-state index contributed by atoms with van der Waals surface area (Å²) in [4.78, 5) is 0.403. The molecule has 2 rings (SSSR count). The van der Waals surface area contributed by atoms with Gasteiger partial charge in [-0.05, 0) is 29.1 Å². The Balaban J connectivity index is 2.32. The Hall–Kier alpha value is -0.740. The standard InChI is InChI=1S/C11H7BrF2S/c12-10(11-9(14)5-6-15-11)7-1-3-8(13)4-2-7/h1-6,10H. The fraction of sp³-hybridized carbons (Fsp3) is 0.0909. The van der Waals surface area contributed by atoms with Gasteiger partial charge in [0.25, 0.3) is 0 Å². The van der Waals surface area contributed by atoms with Crippen LogP contribution in [0.2, 0.25) is 0 Å². The molecule has 0 aliphatic heterocycles. The van der Waals surface area contributed by atoms with E-state index < -0.39 is 0 Å².